The Morgan fingerprint density at radius 1 is 1.28 bits per heavy atom. The second-order valence-corrected chi connectivity index (χ2v) is 8.00. The fourth-order valence-electron chi connectivity index (χ4n) is 2.23. The molecule has 25 heavy (non-hydrogen) atoms. The summed E-state index contributed by atoms with van der Waals surface area (Å²) in [6, 6.07) is 7.28. The van der Waals surface area contributed by atoms with E-state index in [9.17, 15) is 17.6 Å². The van der Waals surface area contributed by atoms with Gasteiger partial charge in [0.05, 0.1) is 7.11 Å². The zero-order valence-corrected chi connectivity index (χ0v) is 15.5. The zero-order valence-electron chi connectivity index (χ0n) is 13.9. The van der Waals surface area contributed by atoms with Crippen LogP contribution in [-0.4, -0.2) is 35.2 Å². The summed E-state index contributed by atoms with van der Waals surface area (Å²) in [6.45, 7) is 1.35. The van der Waals surface area contributed by atoms with Gasteiger partial charge < -0.3 is 9.47 Å². The molecule has 1 N–H and O–H groups in total. The molecule has 0 radical (unpaired) electrons. The van der Waals surface area contributed by atoms with Crippen LogP contribution < -0.4 is 4.72 Å². The van der Waals surface area contributed by atoms with Gasteiger partial charge in [0.2, 0.25) is 10.0 Å². The lowest BCUT2D eigenvalue weighted by Gasteiger charge is -2.29. The van der Waals surface area contributed by atoms with E-state index in [1.165, 1.54) is 43.9 Å². The van der Waals surface area contributed by atoms with Gasteiger partial charge in [-0.1, -0.05) is 18.2 Å². The van der Waals surface area contributed by atoms with Crippen molar-refractivity contribution in [3.63, 3.8) is 0 Å². The Hall–Kier alpha value is -1.81. The Bertz CT molecular complexity index is 865. The van der Waals surface area contributed by atoms with Gasteiger partial charge >= 0.3 is 5.97 Å². The monoisotopic (exact) mass is 387 g/mol. The molecule has 1 atom stereocenters. The number of ether oxygens (including phenoxy) is 2. The molecule has 0 saturated carbocycles. The van der Waals surface area contributed by atoms with Crippen molar-refractivity contribution in [1.82, 2.24) is 4.72 Å². The number of benzene rings is 1. The van der Waals surface area contributed by atoms with E-state index in [2.05, 4.69) is 9.46 Å². The minimum atomic E-state index is -4.01. The highest BCUT2D eigenvalue weighted by molar-refractivity contribution is 7.89. The minimum absolute atomic E-state index is 0.0278. The van der Waals surface area contributed by atoms with Crippen molar-refractivity contribution >= 4 is 27.3 Å². The number of sulfonamides is 1. The molecule has 9 heteroatoms. The predicted molar refractivity (Wildman–Crippen MR) is 91.6 cm³/mol. The maximum absolute atomic E-state index is 14.1. The molecule has 2 aromatic rings. The van der Waals surface area contributed by atoms with Crippen LogP contribution in [0.5, 0.6) is 0 Å². The van der Waals surface area contributed by atoms with E-state index in [1.54, 1.807) is 13.0 Å². The average Bonchev–Trinajstić information content (AvgIpc) is 3.10. The van der Waals surface area contributed by atoms with Gasteiger partial charge in [-0.2, -0.15) is 0 Å². The first-order chi connectivity index (χ1) is 11.7. The van der Waals surface area contributed by atoms with Crippen LogP contribution in [0, 0.1) is 5.82 Å². The van der Waals surface area contributed by atoms with Crippen LogP contribution in [0.4, 0.5) is 4.39 Å². The van der Waals surface area contributed by atoms with Gasteiger partial charge in [0.15, 0.2) is 0 Å². The number of rotatable bonds is 7. The molecule has 6 nitrogen and oxygen atoms in total. The number of esters is 1. The molecule has 0 aliphatic carbocycles. The third kappa shape index (κ3) is 4.06. The van der Waals surface area contributed by atoms with Gasteiger partial charge in [-0.25, -0.2) is 22.3 Å². The van der Waals surface area contributed by atoms with E-state index in [0.717, 1.165) is 11.3 Å². The Morgan fingerprint density at radius 2 is 1.96 bits per heavy atom. The highest BCUT2D eigenvalue weighted by Crippen LogP contribution is 2.28. The van der Waals surface area contributed by atoms with Crippen molar-refractivity contribution < 1.29 is 27.1 Å². The van der Waals surface area contributed by atoms with Crippen molar-refractivity contribution in [2.24, 2.45) is 0 Å². The van der Waals surface area contributed by atoms with E-state index in [1.807, 2.05) is 0 Å². The topological polar surface area (TPSA) is 81.7 Å². The van der Waals surface area contributed by atoms with Gasteiger partial charge in [-0.15, -0.1) is 11.3 Å². The largest absolute Gasteiger partial charge is 0.465 e. The zero-order chi connectivity index (χ0) is 18.7. The number of halogens is 1. The van der Waals surface area contributed by atoms with Crippen LogP contribution >= 0.6 is 11.3 Å². The summed E-state index contributed by atoms with van der Waals surface area (Å²) in [6.07, 6.45) is 0. The quantitative estimate of drug-likeness (QED) is 0.739. The van der Waals surface area contributed by atoms with Crippen molar-refractivity contribution in [2.45, 2.75) is 17.4 Å². The van der Waals surface area contributed by atoms with Crippen molar-refractivity contribution in [2.75, 3.05) is 20.8 Å². The standard InChI is InChI=1S/C16H18FNO5S2/c1-16(23-3,11-6-4-5-7-12(11)17)10-18-25(20,21)13-8-9-24-14(13)15(19)22-2/h4-9,18H,10H2,1-3H3/t16-/m0/s1. The fourth-order valence-corrected chi connectivity index (χ4v) is 4.69. The summed E-state index contributed by atoms with van der Waals surface area (Å²) in [5.74, 6) is -1.24. The lowest BCUT2D eigenvalue weighted by Crippen LogP contribution is -2.40. The SMILES string of the molecule is COC(=O)c1sccc1S(=O)(=O)NC[C@](C)(OC)c1ccccc1F. The van der Waals surface area contributed by atoms with Crippen LogP contribution in [0.2, 0.25) is 0 Å². The second kappa shape index (κ2) is 7.61. The molecule has 0 saturated heterocycles. The predicted octanol–water partition coefficient (Wildman–Crippen LogP) is 2.51. The van der Waals surface area contributed by atoms with Gasteiger partial charge in [0.1, 0.15) is 21.2 Å². The molecule has 0 bridgehead atoms. The van der Waals surface area contributed by atoms with Gasteiger partial charge in [0.25, 0.3) is 0 Å². The van der Waals surface area contributed by atoms with Crippen LogP contribution in [0.15, 0.2) is 40.6 Å². The summed E-state index contributed by atoms with van der Waals surface area (Å²) in [5, 5.41) is 1.48. The first-order valence-electron chi connectivity index (χ1n) is 7.21. The average molecular weight is 387 g/mol. The molecular weight excluding hydrogens is 369 g/mol. The summed E-state index contributed by atoms with van der Waals surface area (Å²) in [4.78, 5) is 11.5. The molecular formula is C16H18FNO5S2. The molecule has 136 valence electrons. The Morgan fingerprint density at radius 3 is 2.56 bits per heavy atom. The Balaban J connectivity index is 2.28. The maximum atomic E-state index is 14.1. The first-order valence-corrected chi connectivity index (χ1v) is 9.57. The van der Waals surface area contributed by atoms with Crippen molar-refractivity contribution in [1.29, 1.82) is 0 Å². The molecule has 0 amide bonds. The van der Waals surface area contributed by atoms with E-state index >= 15 is 0 Å². The Labute approximate surface area is 149 Å². The van der Waals surface area contributed by atoms with Crippen molar-refractivity contribution in [3.8, 4) is 0 Å². The van der Waals surface area contributed by atoms with Crippen LogP contribution in [0.1, 0.15) is 22.2 Å². The number of methoxy groups -OCH3 is 2. The van der Waals surface area contributed by atoms with Gasteiger partial charge in [-0.05, 0) is 24.4 Å². The number of carbonyl (C=O) groups excluding carboxylic acids is 1. The van der Waals surface area contributed by atoms with Gasteiger partial charge in [0, 0.05) is 19.2 Å². The highest BCUT2D eigenvalue weighted by Gasteiger charge is 2.32. The normalized spacial score (nSPS) is 14.1. The van der Waals surface area contributed by atoms with Crippen molar-refractivity contribution in [3.05, 3.63) is 52.0 Å². The fraction of sp³-hybridized carbons (Fsp3) is 0.312. The van der Waals surface area contributed by atoms with Crippen LogP contribution in [0.25, 0.3) is 0 Å². The summed E-state index contributed by atoms with van der Waals surface area (Å²) in [7, 11) is -1.47. The molecule has 0 aliphatic rings. The molecule has 1 aromatic heterocycles. The Kier molecular flexibility index (Phi) is 5.94. The second-order valence-electron chi connectivity index (χ2n) is 5.34. The third-order valence-electron chi connectivity index (χ3n) is 3.78. The molecule has 0 fully saturated rings. The number of hydrogen-bond acceptors (Lipinski definition) is 6. The third-order valence-corrected chi connectivity index (χ3v) is 6.25. The molecule has 0 aliphatic heterocycles. The summed E-state index contributed by atoms with van der Waals surface area (Å²) in [5.41, 5.74) is -1.00. The molecule has 0 unspecified atom stereocenters. The van der Waals surface area contributed by atoms with Crippen LogP contribution in [-0.2, 0) is 25.1 Å². The number of nitrogens with one attached hydrogen (secondary N) is 1. The molecule has 2 rings (SSSR count). The van der Waals surface area contributed by atoms with Gasteiger partial charge in [-0.3, -0.25) is 0 Å². The first kappa shape index (κ1) is 19.5. The smallest absolute Gasteiger partial charge is 0.349 e. The number of thiophene rings is 1. The van der Waals surface area contributed by atoms with E-state index in [4.69, 9.17) is 4.74 Å². The molecule has 1 heterocycles. The molecule has 0 spiro atoms. The summed E-state index contributed by atoms with van der Waals surface area (Å²) >= 11 is 0.962. The number of hydrogen-bond donors (Lipinski definition) is 1. The van der Waals surface area contributed by atoms with Crippen LogP contribution in [0.3, 0.4) is 0 Å². The lowest BCUT2D eigenvalue weighted by atomic mass is 9.95. The van der Waals surface area contributed by atoms with E-state index < -0.39 is 27.4 Å². The lowest BCUT2D eigenvalue weighted by molar-refractivity contribution is 0.00410. The van der Waals surface area contributed by atoms with E-state index in [-0.39, 0.29) is 21.9 Å². The molecule has 1 aromatic carbocycles. The minimum Gasteiger partial charge on any atom is -0.465 e. The summed E-state index contributed by atoms with van der Waals surface area (Å²) < 4.78 is 51.5. The van der Waals surface area contributed by atoms with E-state index in [0.29, 0.717) is 0 Å². The highest BCUT2D eigenvalue weighted by atomic mass is 32.2. The number of carbonyl (C=O) groups is 1. The maximum Gasteiger partial charge on any atom is 0.349 e.